The first-order valence-corrected chi connectivity index (χ1v) is 5.79. The molecular weight excluding hydrogens is 182 g/mol. The van der Waals surface area contributed by atoms with Gasteiger partial charge in [-0.25, -0.2) is 0 Å². The van der Waals surface area contributed by atoms with Gasteiger partial charge in [-0.05, 0) is 18.4 Å². The molecule has 0 spiro atoms. The minimum absolute atomic E-state index is 1.07. The minimum Gasteiger partial charge on any atom is -0.388 e. The van der Waals surface area contributed by atoms with E-state index in [9.17, 15) is 0 Å². The molecule has 1 heteroatoms. The van der Waals surface area contributed by atoms with Crippen molar-refractivity contribution in [2.24, 2.45) is 0 Å². The zero-order valence-corrected chi connectivity index (χ0v) is 10.0. The van der Waals surface area contributed by atoms with Crippen LogP contribution in [0.15, 0.2) is 30.3 Å². The van der Waals surface area contributed by atoms with Crippen LogP contribution in [0.1, 0.15) is 37.8 Å². The first-order chi connectivity index (χ1) is 7.33. The van der Waals surface area contributed by atoms with E-state index in [-0.39, 0.29) is 0 Å². The number of hydrogen-bond donors (Lipinski definition) is 1. The van der Waals surface area contributed by atoms with Crippen LogP contribution in [0, 0.1) is 0 Å². The third-order valence-electron chi connectivity index (χ3n) is 2.50. The molecule has 0 amide bonds. The largest absolute Gasteiger partial charge is 0.388 e. The summed E-state index contributed by atoms with van der Waals surface area (Å²) in [5, 5.41) is 3.28. The van der Waals surface area contributed by atoms with E-state index >= 15 is 0 Å². The van der Waals surface area contributed by atoms with Gasteiger partial charge in [0, 0.05) is 18.3 Å². The Kier molecular flexibility index (Phi) is 4.96. The maximum atomic E-state index is 3.28. The highest BCUT2D eigenvalue weighted by Gasteiger charge is 2.04. The third kappa shape index (κ3) is 3.12. The molecule has 15 heavy (non-hydrogen) atoms. The van der Waals surface area contributed by atoms with Crippen LogP contribution in [-0.4, -0.2) is 7.05 Å². The lowest BCUT2D eigenvalue weighted by atomic mass is 10.00. The fraction of sp³-hybridized carbons (Fsp3) is 0.429. The van der Waals surface area contributed by atoms with Crippen molar-refractivity contribution in [1.29, 1.82) is 0 Å². The van der Waals surface area contributed by atoms with Crippen molar-refractivity contribution < 1.29 is 0 Å². The molecule has 0 aromatic heterocycles. The van der Waals surface area contributed by atoms with E-state index in [1.807, 2.05) is 7.05 Å². The van der Waals surface area contributed by atoms with Crippen molar-refractivity contribution in [1.82, 2.24) is 5.32 Å². The average molecular weight is 203 g/mol. The SMILES string of the molecule is CC/C=C(\NC)c1ccccc1CCC. The number of hydrogen-bond acceptors (Lipinski definition) is 1. The maximum Gasteiger partial charge on any atom is 0.0373 e. The lowest BCUT2D eigenvalue weighted by Crippen LogP contribution is -2.07. The van der Waals surface area contributed by atoms with Gasteiger partial charge in [0.25, 0.3) is 0 Å². The summed E-state index contributed by atoms with van der Waals surface area (Å²) in [5.74, 6) is 0. The molecule has 1 rings (SSSR count). The number of aryl methyl sites for hydroxylation is 1. The van der Waals surface area contributed by atoms with Crippen LogP contribution in [0.5, 0.6) is 0 Å². The molecule has 0 radical (unpaired) electrons. The Hall–Kier alpha value is -1.24. The van der Waals surface area contributed by atoms with Gasteiger partial charge < -0.3 is 5.32 Å². The van der Waals surface area contributed by atoms with Gasteiger partial charge in [0.05, 0.1) is 0 Å². The lowest BCUT2D eigenvalue weighted by Gasteiger charge is -2.12. The van der Waals surface area contributed by atoms with E-state index in [2.05, 4.69) is 49.5 Å². The van der Waals surface area contributed by atoms with Crippen molar-refractivity contribution in [2.45, 2.75) is 33.1 Å². The average Bonchev–Trinajstić information content (AvgIpc) is 2.27. The molecule has 1 aromatic rings. The van der Waals surface area contributed by atoms with Crippen LogP contribution in [0.25, 0.3) is 5.70 Å². The standard InChI is InChI=1S/C14H21N/c1-4-8-12-10-6-7-11-13(12)14(15-3)9-5-2/h6-7,9-11,15H,4-5,8H2,1-3H3/b14-9-. The van der Waals surface area contributed by atoms with Crippen molar-refractivity contribution >= 4 is 5.70 Å². The molecule has 0 heterocycles. The van der Waals surface area contributed by atoms with Crippen LogP contribution in [-0.2, 0) is 6.42 Å². The lowest BCUT2D eigenvalue weighted by molar-refractivity contribution is 0.914. The molecule has 1 N–H and O–H groups in total. The fourth-order valence-electron chi connectivity index (χ4n) is 1.82. The summed E-state index contributed by atoms with van der Waals surface area (Å²) in [7, 11) is 1.99. The molecule has 0 aliphatic carbocycles. The zero-order valence-electron chi connectivity index (χ0n) is 10.0. The summed E-state index contributed by atoms with van der Waals surface area (Å²) < 4.78 is 0. The Morgan fingerprint density at radius 1 is 1.27 bits per heavy atom. The maximum absolute atomic E-state index is 3.28. The number of benzene rings is 1. The van der Waals surface area contributed by atoms with Crippen molar-refractivity contribution in [2.75, 3.05) is 7.05 Å². The van der Waals surface area contributed by atoms with Gasteiger partial charge in [0.1, 0.15) is 0 Å². The summed E-state index contributed by atoms with van der Waals surface area (Å²) in [6, 6.07) is 8.64. The molecule has 0 aliphatic rings. The van der Waals surface area contributed by atoms with Gasteiger partial charge in [-0.15, -0.1) is 0 Å². The van der Waals surface area contributed by atoms with E-state index in [1.165, 1.54) is 23.2 Å². The molecule has 0 atom stereocenters. The van der Waals surface area contributed by atoms with Gasteiger partial charge in [-0.2, -0.15) is 0 Å². The molecule has 1 aromatic carbocycles. The summed E-state index contributed by atoms with van der Waals surface area (Å²) in [6.07, 6.45) is 5.66. The fourth-order valence-corrected chi connectivity index (χ4v) is 1.82. The highest BCUT2D eigenvalue weighted by Crippen LogP contribution is 2.18. The van der Waals surface area contributed by atoms with Gasteiger partial charge >= 0.3 is 0 Å². The first kappa shape index (κ1) is 11.8. The Bertz CT molecular complexity index is 326. The highest BCUT2D eigenvalue weighted by atomic mass is 14.8. The van der Waals surface area contributed by atoms with Gasteiger partial charge in [-0.1, -0.05) is 50.6 Å². The molecule has 0 saturated carbocycles. The quantitative estimate of drug-likeness (QED) is 0.771. The monoisotopic (exact) mass is 203 g/mol. The van der Waals surface area contributed by atoms with E-state index in [0.29, 0.717) is 0 Å². The second kappa shape index (κ2) is 6.28. The van der Waals surface area contributed by atoms with E-state index in [1.54, 1.807) is 0 Å². The molecule has 82 valence electrons. The number of nitrogens with one attached hydrogen (secondary N) is 1. The zero-order chi connectivity index (χ0) is 11.1. The molecule has 0 fully saturated rings. The predicted octanol–water partition coefficient (Wildman–Crippen LogP) is 3.61. The molecule has 0 unspecified atom stereocenters. The van der Waals surface area contributed by atoms with Crippen molar-refractivity contribution in [3.05, 3.63) is 41.5 Å². The van der Waals surface area contributed by atoms with E-state index < -0.39 is 0 Å². The topological polar surface area (TPSA) is 12.0 Å². The Labute approximate surface area is 93.2 Å². The summed E-state index contributed by atoms with van der Waals surface area (Å²) in [4.78, 5) is 0. The van der Waals surface area contributed by atoms with Crippen molar-refractivity contribution in [3.63, 3.8) is 0 Å². The van der Waals surface area contributed by atoms with E-state index in [4.69, 9.17) is 0 Å². The van der Waals surface area contributed by atoms with Gasteiger partial charge in [0.15, 0.2) is 0 Å². The van der Waals surface area contributed by atoms with E-state index in [0.717, 1.165) is 12.8 Å². The summed E-state index contributed by atoms with van der Waals surface area (Å²) >= 11 is 0. The van der Waals surface area contributed by atoms with Crippen LogP contribution in [0.4, 0.5) is 0 Å². The van der Waals surface area contributed by atoms with Crippen molar-refractivity contribution in [3.8, 4) is 0 Å². The van der Waals surface area contributed by atoms with Gasteiger partial charge in [-0.3, -0.25) is 0 Å². The van der Waals surface area contributed by atoms with Crippen LogP contribution < -0.4 is 5.32 Å². The number of allylic oxidation sites excluding steroid dienone is 1. The minimum atomic E-state index is 1.07. The van der Waals surface area contributed by atoms with Crippen LogP contribution in [0.3, 0.4) is 0 Å². The Morgan fingerprint density at radius 2 is 2.00 bits per heavy atom. The summed E-state index contributed by atoms with van der Waals surface area (Å²) in [6.45, 7) is 4.39. The molecule has 0 bridgehead atoms. The highest BCUT2D eigenvalue weighted by molar-refractivity contribution is 5.66. The molecule has 0 saturated heterocycles. The predicted molar refractivity (Wildman–Crippen MR) is 67.8 cm³/mol. The first-order valence-electron chi connectivity index (χ1n) is 5.79. The van der Waals surface area contributed by atoms with Gasteiger partial charge in [0.2, 0.25) is 0 Å². The second-order valence-electron chi connectivity index (χ2n) is 3.68. The van der Waals surface area contributed by atoms with Crippen LogP contribution >= 0.6 is 0 Å². The summed E-state index contributed by atoms with van der Waals surface area (Å²) in [5.41, 5.74) is 4.04. The Balaban J connectivity index is 3.05. The third-order valence-corrected chi connectivity index (χ3v) is 2.50. The molecule has 0 aliphatic heterocycles. The second-order valence-corrected chi connectivity index (χ2v) is 3.68. The number of rotatable bonds is 5. The smallest absolute Gasteiger partial charge is 0.0373 e. The molecule has 1 nitrogen and oxygen atoms in total. The Morgan fingerprint density at radius 3 is 2.60 bits per heavy atom. The molecular formula is C14H21N. The normalized spacial score (nSPS) is 11.5. The van der Waals surface area contributed by atoms with Crippen LogP contribution in [0.2, 0.25) is 0 Å².